The summed E-state index contributed by atoms with van der Waals surface area (Å²) in [6, 6.07) is 1.27. The van der Waals surface area contributed by atoms with Crippen molar-refractivity contribution in [1.82, 2.24) is 4.31 Å². The monoisotopic (exact) mass is 204 g/mol. The molecule has 1 unspecified atom stereocenters. The summed E-state index contributed by atoms with van der Waals surface area (Å²) in [7, 11) is -1.95. The lowest BCUT2D eigenvalue weighted by molar-refractivity contribution is 0.421. The van der Waals surface area contributed by atoms with Crippen LogP contribution in [0.3, 0.4) is 0 Å². The number of rotatable bonds is 2. The maximum atomic E-state index is 11.7. The van der Waals surface area contributed by atoms with E-state index in [1.54, 1.807) is 27.7 Å². The third-order valence-corrected chi connectivity index (χ3v) is 4.51. The average molecular weight is 204 g/mol. The Hall–Kier alpha value is -0.600. The predicted octanol–water partition coefficient (Wildman–Crippen LogP) is 0.959. The molecule has 0 rings (SSSR count). The van der Waals surface area contributed by atoms with E-state index >= 15 is 0 Å². The van der Waals surface area contributed by atoms with Gasteiger partial charge in [-0.05, 0) is 27.7 Å². The van der Waals surface area contributed by atoms with Gasteiger partial charge in [-0.2, -0.15) is 9.57 Å². The maximum Gasteiger partial charge on any atom is 0.219 e. The summed E-state index contributed by atoms with van der Waals surface area (Å²) in [5, 5.41) is 8.58. The summed E-state index contributed by atoms with van der Waals surface area (Å²) in [6.45, 7) is 6.40. The van der Waals surface area contributed by atoms with Gasteiger partial charge in [0, 0.05) is 7.05 Å². The zero-order valence-corrected chi connectivity index (χ0v) is 9.51. The molecular weight excluding hydrogens is 188 g/mol. The van der Waals surface area contributed by atoms with E-state index in [-0.39, 0.29) is 0 Å². The molecule has 76 valence electrons. The highest BCUT2D eigenvalue weighted by molar-refractivity contribution is 7.90. The normalized spacial score (nSPS) is 15.5. The number of nitrogens with zero attached hydrogens (tertiary/aromatic N) is 2. The molecule has 13 heavy (non-hydrogen) atoms. The van der Waals surface area contributed by atoms with Crippen molar-refractivity contribution in [2.45, 2.75) is 38.5 Å². The van der Waals surface area contributed by atoms with Gasteiger partial charge < -0.3 is 0 Å². The lowest BCUT2D eigenvalue weighted by atomic mass is 10.3. The Bertz CT molecular complexity index is 308. The molecular formula is C8H16N2O2S. The summed E-state index contributed by atoms with van der Waals surface area (Å²) in [6.07, 6.45) is 0. The molecule has 0 saturated carbocycles. The first-order valence-electron chi connectivity index (χ1n) is 4.02. The first kappa shape index (κ1) is 12.4. The van der Waals surface area contributed by atoms with Crippen molar-refractivity contribution in [3.05, 3.63) is 0 Å². The molecule has 0 radical (unpaired) electrons. The number of hydrogen-bond donors (Lipinski definition) is 0. The Morgan fingerprint density at radius 3 is 2.00 bits per heavy atom. The first-order valence-corrected chi connectivity index (χ1v) is 5.46. The molecule has 0 aromatic heterocycles. The minimum absolute atomic E-state index is 0.621. The highest BCUT2D eigenvalue weighted by Gasteiger charge is 2.35. The number of nitriles is 1. The highest BCUT2D eigenvalue weighted by atomic mass is 32.2. The van der Waals surface area contributed by atoms with Crippen molar-refractivity contribution in [1.29, 1.82) is 5.26 Å². The topological polar surface area (TPSA) is 61.2 Å². The lowest BCUT2D eigenvalue weighted by Crippen LogP contribution is -2.44. The Kier molecular flexibility index (Phi) is 3.47. The Labute approximate surface area is 80.2 Å². The maximum absolute atomic E-state index is 11.7. The van der Waals surface area contributed by atoms with Crippen LogP contribution in [0.15, 0.2) is 0 Å². The summed E-state index contributed by atoms with van der Waals surface area (Å²) in [5.74, 6) is 0. The number of hydrogen-bond acceptors (Lipinski definition) is 3. The van der Waals surface area contributed by atoms with Crippen LogP contribution in [0.2, 0.25) is 0 Å². The molecule has 0 N–H and O–H groups in total. The smallest absolute Gasteiger partial charge is 0.212 e. The SMILES string of the molecule is CC(C#N)N(C)S(=O)(=O)C(C)(C)C. The van der Waals surface area contributed by atoms with Crippen molar-refractivity contribution in [2.24, 2.45) is 0 Å². The first-order chi connectivity index (χ1) is 5.64. The second-order valence-corrected chi connectivity index (χ2v) is 6.69. The largest absolute Gasteiger partial charge is 0.219 e. The summed E-state index contributed by atoms with van der Waals surface area (Å²) >= 11 is 0. The predicted molar refractivity (Wildman–Crippen MR) is 51.5 cm³/mol. The molecule has 0 bridgehead atoms. The van der Waals surface area contributed by atoms with Crippen LogP contribution >= 0.6 is 0 Å². The van der Waals surface area contributed by atoms with Crippen molar-refractivity contribution >= 4 is 10.0 Å². The molecule has 0 aromatic carbocycles. The van der Waals surface area contributed by atoms with E-state index in [1.165, 1.54) is 7.05 Å². The van der Waals surface area contributed by atoms with Crippen LogP contribution in [-0.4, -0.2) is 30.6 Å². The molecule has 5 heteroatoms. The van der Waals surface area contributed by atoms with Crippen LogP contribution in [0.5, 0.6) is 0 Å². The quantitative estimate of drug-likeness (QED) is 0.673. The lowest BCUT2D eigenvalue weighted by Gasteiger charge is -2.28. The fraction of sp³-hybridized carbons (Fsp3) is 0.875. The standard InChI is InChI=1S/C8H16N2O2S/c1-7(6-9)10(5)13(11,12)8(2,3)4/h7H,1-5H3. The summed E-state index contributed by atoms with van der Waals surface area (Å²) in [4.78, 5) is 0. The van der Waals surface area contributed by atoms with Crippen LogP contribution < -0.4 is 0 Å². The van der Waals surface area contributed by atoms with Crippen LogP contribution in [-0.2, 0) is 10.0 Å². The molecule has 0 fully saturated rings. The minimum Gasteiger partial charge on any atom is -0.212 e. The molecule has 0 spiro atoms. The van der Waals surface area contributed by atoms with E-state index in [1.807, 2.05) is 6.07 Å². The van der Waals surface area contributed by atoms with Gasteiger partial charge in [0.2, 0.25) is 10.0 Å². The average Bonchev–Trinajstić information content (AvgIpc) is 1.99. The van der Waals surface area contributed by atoms with Gasteiger partial charge in [0.25, 0.3) is 0 Å². The van der Waals surface area contributed by atoms with Gasteiger partial charge in [-0.3, -0.25) is 0 Å². The van der Waals surface area contributed by atoms with Crippen molar-refractivity contribution in [3.8, 4) is 6.07 Å². The van der Waals surface area contributed by atoms with E-state index in [9.17, 15) is 8.42 Å². The van der Waals surface area contributed by atoms with Crippen LogP contribution in [0.25, 0.3) is 0 Å². The van der Waals surface area contributed by atoms with Crippen molar-refractivity contribution in [2.75, 3.05) is 7.05 Å². The zero-order valence-electron chi connectivity index (χ0n) is 8.70. The van der Waals surface area contributed by atoms with Crippen molar-refractivity contribution < 1.29 is 8.42 Å². The zero-order chi connectivity index (χ0) is 10.9. The molecule has 0 heterocycles. The third kappa shape index (κ3) is 2.42. The van der Waals surface area contributed by atoms with Gasteiger partial charge in [-0.15, -0.1) is 0 Å². The van der Waals surface area contributed by atoms with Crippen molar-refractivity contribution in [3.63, 3.8) is 0 Å². The second kappa shape index (κ2) is 3.64. The van der Waals surface area contributed by atoms with Crippen LogP contribution in [0.4, 0.5) is 0 Å². The molecule has 4 nitrogen and oxygen atoms in total. The summed E-state index contributed by atoms with van der Waals surface area (Å²) in [5.41, 5.74) is 0. The Balaban J connectivity index is 5.01. The molecule has 0 saturated heterocycles. The molecule has 0 aliphatic rings. The summed E-state index contributed by atoms with van der Waals surface area (Å²) < 4.78 is 23.7. The number of sulfonamides is 1. The van der Waals surface area contributed by atoms with Gasteiger partial charge in [0.05, 0.1) is 10.8 Å². The van der Waals surface area contributed by atoms with Gasteiger partial charge in [-0.25, -0.2) is 8.42 Å². The van der Waals surface area contributed by atoms with Crippen LogP contribution in [0, 0.1) is 11.3 Å². The fourth-order valence-corrected chi connectivity index (χ4v) is 2.05. The van der Waals surface area contributed by atoms with Gasteiger partial charge >= 0.3 is 0 Å². The molecule has 0 aliphatic heterocycles. The van der Waals surface area contributed by atoms with Crippen LogP contribution in [0.1, 0.15) is 27.7 Å². The second-order valence-electron chi connectivity index (χ2n) is 3.94. The molecule has 1 atom stereocenters. The van der Waals surface area contributed by atoms with Gasteiger partial charge in [0.1, 0.15) is 6.04 Å². The molecule has 0 aromatic rings. The molecule has 0 aliphatic carbocycles. The minimum atomic E-state index is -3.38. The van der Waals surface area contributed by atoms with E-state index < -0.39 is 20.8 Å². The van der Waals surface area contributed by atoms with E-state index in [2.05, 4.69) is 0 Å². The fourth-order valence-electron chi connectivity index (χ4n) is 0.721. The third-order valence-electron chi connectivity index (χ3n) is 1.89. The van der Waals surface area contributed by atoms with E-state index in [0.29, 0.717) is 0 Å². The molecule has 0 amide bonds. The van der Waals surface area contributed by atoms with E-state index in [0.717, 1.165) is 4.31 Å². The van der Waals surface area contributed by atoms with Gasteiger partial charge in [0.15, 0.2) is 0 Å². The van der Waals surface area contributed by atoms with E-state index in [4.69, 9.17) is 5.26 Å². The Morgan fingerprint density at radius 1 is 1.38 bits per heavy atom. The Morgan fingerprint density at radius 2 is 1.77 bits per heavy atom. The van der Waals surface area contributed by atoms with Gasteiger partial charge in [-0.1, -0.05) is 0 Å². The highest BCUT2D eigenvalue weighted by Crippen LogP contribution is 2.20.